The third kappa shape index (κ3) is 5.66. The highest BCUT2D eigenvalue weighted by Crippen LogP contribution is 2.31. The van der Waals surface area contributed by atoms with Gasteiger partial charge < -0.3 is 4.74 Å². The lowest BCUT2D eigenvalue weighted by Crippen LogP contribution is -2.31. The van der Waals surface area contributed by atoms with E-state index in [1.54, 1.807) is 24.3 Å². The van der Waals surface area contributed by atoms with Crippen LogP contribution in [0.5, 0.6) is 0 Å². The maximum absolute atomic E-state index is 12.4. The fraction of sp³-hybridized carbons (Fsp3) is 0.462. The van der Waals surface area contributed by atoms with Crippen molar-refractivity contribution in [3.8, 4) is 0 Å². The van der Waals surface area contributed by atoms with Crippen molar-refractivity contribution in [2.45, 2.75) is 38.0 Å². The van der Waals surface area contributed by atoms with E-state index in [9.17, 15) is 18.0 Å². The molecule has 0 heterocycles. The van der Waals surface area contributed by atoms with Gasteiger partial charge in [0.05, 0.1) is 0 Å². The molecule has 0 radical (unpaired) electrons. The van der Waals surface area contributed by atoms with Crippen molar-refractivity contribution in [2.75, 3.05) is 0 Å². The lowest BCUT2D eigenvalue weighted by molar-refractivity contribution is -0.204. The van der Waals surface area contributed by atoms with Crippen LogP contribution in [0.25, 0.3) is 0 Å². The van der Waals surface area contributed by atoms with E-state index in [1.807, 2.05) is 19.6 Å². The van der Waals surface area contributed by atoms with Crippen LogP contribution < -0.4 is 0 Å². The molecule has 1 atom stereocenters. The predicted octanol–water partition coefficient (Wildman–Crippen LogP) is 4.93. The van der Waals surface area contributed by atoms with Crippen molar-refractivity contribution in [1.29, 1.82) is 0 Å². The summed E-state index contributed by atoms with van der Waals surface area (Å²) in [6.07, 6.45) is -5.82. The summed E-state index contributed by atoms with van der Waals surface area (Å²) in [5.74, 6) is -2.14. The Bertz CT molecular complexity index is 466. The number of carbonyl (C=O) groups excluding carboxylic acids is 1. The molecular weight excluding hydrogens is 353 g/mol. The Labute approximate surface area is 125 Å². The SMILES string of the molecule is C[Si](C)(C)CC(OC(=O)C(F)(F)F)c1ccc(Br)cc1. The molecule has 0 fully saturated rings. The van der Waals surface area contributed by atoms with Crippen LogP contribution in [0.4, 0.5) is 13.2 Å². The molecule has 0 spiro atoms. The highest BCUT2D eigenvalue weighted by atomic mass is 79.9. The third-order valence-corrected chi connectivity index (χ3v) is 4.64. The van der Waals surface area contributed by atoms with Gasteiger partial charge in [-0.2, -0.15) is 13.2 Å². The summed E-state index contributed by atoms with van der Waals surface area (Å²) in [4.78, 5) is 11.1. The Kier molecular flexibility index (Phi) is 5.43. The number of carbonyl (C=O) groups is 1. The van der Waals surface area contributed by atoms with Gasteiger partial charge >= 0.3 is 12.1 Å². The van der Waals surface area contributed by atoms with Crippen LogP contribution in [0.1, 0.15) is 11.7 Å². The molecule has 1 rings (SSSR count). The van der Waals surface area contributed by atoms with Gasteiger partial charge in [0.25, 0.3) is 0 Å². The smallest absolute Gasteiger partial charge is 0.451 e. The van der Waals surface area contributed by atoms with Crippen LogP contribution in [-0.2, 0) is 9.53 Å². The lowest BCUT2D eigenvalue weighted by Gasteiger charge is -2.25. The minimum absolute atomic E-state index is 0.441. The second kappa shape index (κ2) is 6.30. The molecule has 0 amide bonds. The maximum atomic E-state index is 12.4. The summed E-state index contributed by atoms with van der Waals surface area (Å²) in [5, 5.41) is 0. The summed E-state index contributed by atoms with van der Waals surface area (Å²) >= 11 is 3.26. The molecule has 0 aromatic heterocycles. The van der Waals surface area contributed by atoms with Gasteiger partial charge in [0.1, 0.15) is 6.10 Å². The number of hydrogen-bond acceptors (Lipinski definition) is 2. The first-order valence-electron chi connectivity index (χ1n) is 6.02. The minimum atomic E-state index is -4.97. The largest absolute Gasteiger partial charge is 0.490 e. The number of esters is 1. The minimum Gasteiger partial charge on any atom is -0.451 e. The van der Waals surface area contributed by atoms with Crippen LogP contribution in [-0.4, -0.2) is 20.2 Å². The first-order valence-corrected chi connectivity index (χ1v) is 10.5. The zero-order chi connectivity index (χ0) is 15.6. The average Bonchev–Trinajstić information content (AvgIpc) is 2.25. The van der Waals surface area contributed by atoms with E-state index in [0.29, 0.717) is 11.6 Å². The molecule has 7 heteroatoms. The monoisotopic (exact) mass is 368 g/mol. The number of rotatable bonds is 4. The molecule has 1 aromatic rings. The highest BCUT2D eigenvalue weighted by molar-refractivity contribution is 9.10. The van der Waals surface area contributed by atoms with Gasteiger partial charge in [0.15, 0.2) is 0 Å². The second-order valence-electron chi connectivity index (χ2n) is 5.71. The number of hydrogen-bond donors (Lipinski definition) is 0. The molecule has 2 nitrogen and oxygen atoms in total. The standard InChI is InChI=1S/C13H16BrF3O2Si/c1-20(2,3)8-11(19-12(18)13(15,16)17)9-4-6-10(14)7-5-9/h4-7,11H,8H2,1-3H3. The lowest BCUT2D eigenvalue weighted by atomic mass is 10.1. The van der Waals surface area contributed by atoms with Crippen molar-refractivity contribution >= 4 is 30.0 Å². The Morgan fingerprint density at radius 2 is 1.75 bits per heavy atom. The average molecular weight is 369 g/mol. The van der Waals surface area contributed by atoms with Crippen molar-refractivity contribution in [1.82, 2.24) is 0 Å². The van der Waals surface area contributed by atoms with Gasteiger partial charge in [0.2, 0.25) is 0 Å². The van der Waals surface area contributed by atoms with E-state index in [2.05, 4.69) is 20.7 Å². The summed E-state index contributed by atoms with van der Waals surface area (Å²) in [6, 6.07) is 7.20. The molecule has 0 aliphatic carbocycles. The summed E-state index contributed by atoms with van der Waals surface area (Å²) in [5.41, 5.74) is 0.577. The number of benzene rings is 1. The Balaban J connectivity index is 2.97. The summed E-state index contributed by atoms with van der Waals surface area (Å²) in [6.45, 7) is 6.04. The van der Waals surface area contributed by atoms with Crippen molar-refractivity contribution in [2.24, 2.45) is 0 Å². The van der Waals surface area contributed by atoms with Gasteiger partial charge in [0, 0.05) is 12.5 Å². The van der Waals surface area contributed by atoms with E-state index in [-0.39, 0.29) is 0 Å². The van der Waals surface area contributed by atoms with Crippen LogP contribution >= 0.6 is 15.9 Å². The van der Waals surface area contributed by atoms with E-state index in [4.69, 9.17) is 0 Å². The molecule has 0 saturated carbocycles. The Hall–Kier alpha value is -0.823. The van der Waals surface area contributed by atoms with Gasteiger partial charge in [-0.05, 0) is 23.7 Å². The molecule has 0 N–H and O–H groups in total. The normalized spacial score (nSPS) is 13.9. The van der Waals surface area contributed by atoms with E-state index in [0.717, 1.165) is 4.47 Å². The summed E-state index contributed by atoms with van der Waals surface area (Å²) in [7, 11) is -1.70. The van der Waals surface area contributed by atoms with Crippen molar-refractivity contribution in [3.63, 3.8) is 0 Å². The fourth-order valence-electron chi connectivity index (χ4n) is 1.66. The van der Waals surface area contributed by atoms with E-state index < -0.39 is 26.3 Å². The molecule has 0 bridgehead atoms. The first kappa shape index (κ1) is 17.2. The topological polar surface area (TPSA) is 26.3 Å². The quantitative estimate of drug-likeness (QED) is 0.556. The van der Waals surface area contributed by atoms with Crippen molar-refractivity contribution < 1.29 is 22.7 Å². The first-order chi connectivity index (χ1) is 8.99. The third-order valence-electron chi connectivity index (χ3n) is 2.52. The van der Waals surface area contributed by atoms with E-state index in [1.165, 1.54) is 0 Å². The zero-order valence-electron chi connectivity index (χ0n) is 11.4. The van der Waals surface area contributed by atoms with Crippen LogP contribution in [0.2, 0.25) is 25.7 Å². The number of halogens is 4. The van der Waals surface area contributed by atoms with Gasteiger partial charge in [-0.15, -0.1) is 0 Å². The molecule has 0 saturated heterocycles. The molecule has 0 aliphatic heterocycles. The fourth-order valence-corrected chi connectivity index (χ4v) is 3.35. The van der Waals surface area contributed by atoms with Gasteiger partial charge in [-0.1, -0.05) is 47.7 Å². The van der Waals surface area contributed by atoms with Crippen LogP contribution in [0.15, 0.2) is 28.7 Å². The molecule has 112 valence electrons. The number of ether oxygens (including phenoxy) is 1. The maximum Gasteiger partial charge on any atom is 0.490 e. The zero-order valence-corrected chi connectivity index (χ0v) is 14.0. The van der Waals surface area contributed by atoms with Crippen LogP contribution in [0.3, 0.4) is 0 Å². The molecule has 0 aliphatic rings. The molecule has 1 aromatic carbocycles. The van der Waals surface area contributed by atoms with Crippen molar-refractivity contribution in [3.05, 3.63) is 34.3 Å². The Morgan fingerprint density at radius 3 is 2.15 bits per heavy atom. The molecule has 1 unspecified atom stereocenters. The summed E-state index contributed by atoms with van der Waals surface area (Å²) < 4.78 is 42.5. The predicted molar refractivity (Wildman–Crippen MR) is 77.2 cm³/mol. The number of alkyl halides is 3. The Morgan fingerprint density at radius 1 is 1.25 bits per heavy atom. The van der Waals surface area contributed by atoms with Crippen LogP contribution in [0, 0.1) is 0 Å². The van der Waals surface area contributed by atoms with Gasteiger partial charge in [-0.3, -0.25) is 0 Å². The highest BCUT2D eigenvalue weighted by Gasteiger charge is 2.43. The van der Waals surface area contributed by atoms with Gasteiger partial charge in [-0.25, -0.2) is 4.79 Å². The second-order valence-corrected chi connectivity index (χ2v) is 12.2. The molecular formula is C13H16BrF3O2Si. The molecule has 20 heavy (non-hydrogen) atoms. The van der Waals surface area contributed by atoms with E-state index >= 15 is 0 Å².